The largest absolute Gasteiger partial charge is 0.473 e. The minimum absolute atomic E-state index is 0.574. The molecule has 0 radical (unpaired) electrons. The molecule has 0 atom stereocenters. The molecule has 2 N–H and O–H groups in total. The number of benzene rings is 2. The summed E-state index contributed by atoms with van der Waals surface area (Å²) in [5.41, 5.74) is 0. The Morgan fingerprint density at radius 1 is 0.857 bits per heavy atom. The Hall–Kier alpha value is -2.71. The van der Waals surface area contributed by atoms with Gasteiger partial charge < -0.3 is 15.1 Å². The standard InChI is InChI=1S/C18H24N2OS.C2H2O4/c1-3-20(4-2)16-15-19-22(21,17-11-7-5-8-12-17)18-13-9-6-10-14-18;3-1(4)2(5)6/h5-14H,3-4,15-16H2,1-2H3;(H,3,4)(H,5,6). The Balaban J connectivity index is 0.000000568. The normalized spacial score (nSPS) is 10.7. The molecule has 152 valence electrons. The molecule has 0 heterocycles. The van der Waals surface area contributed by atoms with Crippen LogP contribution in [0, 0.1) is 0 Å². The van der Waals surface area contributed by atoms with E-state index >= 15 is 0 Å². The molecule has 0 unspecified atom stereocenters. The summed E-state index contributed by atoms with van der Waals surface area (Å²) in [6, 6.07) is 19.1. The van der Waals surface area contributed by atoms with E-state index in [0.717, 1.165) is 29.4 Å². The molecule has 0 spiro atoms. The van der Waals surface area contributed by atoms with Crippen molar-refractivity contribution in [2.24, 2.45) is 4.36 Å². The third-order valence-electron chi connectivity index (χ3n) is 3.89. The SMILES string of the molecule is CCN(CC)CCN=S(=O)(c1ccccc1)c1ccccc1.O=C(O)C(=O)O. The van der Waals surface area contributed by atoms with E-state index in [1.807, 2.05) is 60.7 Å². The van der Waals surface area contributed by atoms with Gasteiger partial charge in [0.15, 0.2) is 0 Å². The number of aliphatic carboxylic acids is 2. The zero-order valence-corrected chi connectivity index (χ0v) is 16.8. The molecule has 8 heteroatoms. The van der Waals surface area contributed by atoms with Crippen molar-refractivity contribution in [2.45, 2.75) is 23.6 Å². The molecular weight excluding hydrogens is 380 g/mol. The summed E-state index contributed by atoms with van der Waals surface area (Å²) >= 11 is 0. The van der Waals surface area contributed by atoms with E-state index in [4.69, 9.17) is 19.8 Å². The number of hydrogen-bond donors (Lipinski definition) is 2. The van der Waals surface area contributed by atoms with E-state index in [-0.39, 0.29) is 0 Å². The highest BCUT2D eigenvalue weighted by molar-refractivity contribution is 7.93. The molecule has 0 amide bonds. The minimum Gasteiger partial charge on any atom is -0.473 e. The topological polar surface area (TPSA) is 107 Å². The lowest BCUT2D eigenvalue weighted by molar-refractivity contribution is -0.159. The minimum atomic E-state index is -2.56. The number of carboxylic acid groups (broad SMARTS) is 2. The van der Waals surface area contributed by atoms with E-state index < -0.39 is 21.7 Å². The molecule has 2 aromatic carbocycles. The Morgan fingerprint density at radius 2 is 1.25 bits per heavy atom. The predicted octanol–water partition coefficient (Wildman–Crippen LogP) is 3.07. The fourth-order valence-corrected chi connectivity index (χ4v) is 4.31. The molecule has 2 aromatic rings. The van der Waals surface area contributed by atoms with Gasteiger partial charge in [0.05, 0.1) is 16.3 Å². The quantitative estimate of drug-likeness (QED) is 0.684. The van der Waals surface area contributed by atoms with Gasteiger partial charge in [0.2, 0.25) is 0 Å². The van der Waals surface area contributed by atoms with Crippen LogP contribution in [-0.4, -0.2) is 57.4 Å². The second-order valence-electron chi connectivity index (χ2n) is 5.64. The smallest absolute Gasteiger partial charge is 0.414 e. The second kappa shape index (κ2) is 11.9. The van der Waals surface area contributed by atoms with Crippen LogP contribution in [0.4, 0.5) is 0 Å². The zero-order valence-electron chi connectivity index (χ0n) is 16.0. The molecular formula is C20H26N2O5S. The van der Waals surface area contributed by atoms with Crippen LogP contribution in [0.1, 0.15) is 13.8 Å². The summed E-state index contributed by atoms with van der Waals surface area (Å²) < 4.78 is 18.2. The number of nitrogens with zero attached hydrogens (tertiary/aromatic N) is 2. The molecule has 0 bridgehead atoms. The fourth-order valence-electron chi connectivity index (χ4n) is 2.35. The van der Waals surface area contributed by atoms with Crippen LogP contribution in [0.2, 0.25) is 0 Å². The van der Waals surface area contributed by atoms with Gasteiger partial charge in [-0.25, -0.2) is 18.2 Å². The van der Waals surface area contributed by atoms with Gasteiger partial charge in [-0.05, 0) is 37.4 Å². The maximum atomic E-state index is 13.6. The Labute approximate surface area is 165 Å². The number of hydrogen-bond acceptors (Lipinski definition) is 5. The molecule has 0 saturated carbocycles. The van der Waals surface area contributed by atoms with E-state index in [1.165, 1.54) is 0 Å². The fraction of sp³-hybridized carbons (Fsp3) is 0.300. The van der Waals surface area contributed by atoms with Crippen molar-refractivity contribution in [1.29, 1.82) is 0 Å². The van der Waals surface area contributed by atoms with E-state index in [2.05, 4.69) is 23.1 Å². The van der Waals surface area contributed by atoms with Crippen molar-refractivity contribution in [1.82, 2.24) is 4.90 Å². The van der Waals surface area contributed by atoms with Gasteiger partial charge in [0.25, 0.3) is 0 Å². The Morgan fingerprint density at radius 3 is 1.57 bits per heavy atom. The molecule has 0 aliphatic heterocycles. The van der Waals surface area contributed by atoms with Gasteiger partial charge in [-0.15, -0.1) is 0 Å². The highest BCUT2D eigenvalue weighted by atomic mass is 32.2. The van der Waals surface area contributed by atoms with Crippen molar-refractivity contribution in [3.8, 4) is 0 Å². The molecule has 2 rings (SSSR count). The van der Waals surface area contributed by atoms with E-state index in [1.54, 1.807) is 0 Å². The summed E-state index contributed by atoms with van der Waals surface area (Å²) in [5, 5.41) is 14.8. The average molecular weight is 407 g/mol. The third-order valence-corrected chi connectivity index (χ3v) is 6.26. The third kappa shape index (κ3) is 7.13. The lowest BCUT2D eigenvalue weighted by Crippen LogP contribution is -2.26. The van der Waals surface area contributed by atoms with Crippen molar-refractivity contribution < 1.29 is 24.0 Å². The van der Waals surface area contributed by atoms with Crippen LogP contribution in [0.15, 0.2) is 74.8 Å². The summed E-state index contributed by atoms with van der Waals surface area (Å²) in [4.78, 5) is 22.0. The lowest BCUT2D eigenvalue weighted by Gasteiger charge is -2.17. The van der Waals surface area contributed by atoms with Gasteiger partial charge in [-0.2, -0.15) is 0 Å². The monoisotopic (exact) mass is 406 g/mol. The molecule has 0 aliphatic rings. The van der Waals surface area contributed by atoms with Gasteiger partial charge in [0.1, 0.15) is 9.73 Å². The van der Waals surface area contributed by atoms with Crippen LogP contribution in [-0.2, 0) is 19.3 Å². The first-order valence-corrected chi connectivity index (χ1v) is 10.4. The predicted molar refractivity (Wildman–Crippen MR) is 108 cm³/mol. The zero-order chi connectivity index (χ0) is 21.0. The van der Waals surface area contributed by atoms with Crippen molar-refractivity contribution in [2.75, 3.05) is 26.2 Å². The van der Waals surface area contributed by atoms with Crippen molar-refractivity contribution >= 4 is 21.7 Å². The van der Waals surface area contributed by atoms with Gasteiger partial charge in [-0.3, -0.25) is 0 Å². The average Bonchev–Trinajstić information content (AvgIpc) is 2.72. The van der Waals surface area contributed by atoms with Crippen molar-refractivity contribution in [3.05, 3.63) is 60.7 Å². The van der Waals surface area contributed by atoms with Crippen LogP contribution >= 0.6 is 0 Å². The maximum absolute atomic E-state index is 13.6. The number of carboxylic acids is 2. The second-order valence-corrected chi connectivity index (χ2v) is 7.89. The van der Waals surface area contributed by atoms with Gasteiger partial charge in [-0.1, -0.05) is 50.2 Å². The van der Waals surface area contributed by atoms with E-state index in [0.29, 0.717) is 6.54 Å². The molecule has 0 aliphatic carbocycles. The summed E-state index contributed by atoms with van der Waals surface area (Å²) in [6.45, 7) is 7.66. The van der Waals surface area contributed by atoms with Crippen LogP contribution in [0.25, 0.3) is 0 Å². The number of rotatable bonds is 7. The van der Waals surface area contributed by atoms with Gasteiger partial charge >= 0.3 is 11.9 Å². The number of carbonyl (C=O) groups is 2. The first-order chi connectivity index (χ1) is 13.3. The Kier molecular flexibility index (Phi) is 9.91. The molecule has 28 heavy (non-hydrogen) atoms. The van der Waals surface area contributed by atoms with Gasteiger partial charge in [0, 0.05) is 6.54 Å². The first-order valence-electron chi connectivity index (χ1n) is 8.86. The highest BCUT2D eigenvalue weighted by Gasteiger charge is 2.15. The molecule has 7 nitrogen and oxygen atoms in total. The number of likely N-dealkylation sites (N-methyl/N-ethyl adjacent to an activating group) is 1. The molecule has 0 saturated heterocycles. The highest BCUT2D eigenvalue weighted by Crippen LogP contribution is 2.23. The lowest BCUT2D eigenvalue weighted by atomic mass is 10.4. The van der Waals surface area contributed by atoms with Crippen LogP contribution in [0.5, 0.6) is 0 Å². The summed E-state index contributed by atoms with van der Waals surface area (Å²) in [7, 11) is -2.56. The van der Waals surface area contributed by atoms with Crippen molar-refractivity contribution in [3.63, 3.8) is 0 Å². The van der Waals surface area contributed by atoms with Crippen LogP contribution in [0.3, 0.4) is 0 Å². The Bertz CT molecular complexity index is 801. The van der Waals surface area contributed by atoms with E-state index in [9.17, 15) is 4.21 Å². The van der Waals surface area contributed by atoms with Crippen LogP contribution < -0.4 is 0 Å². The first kappa shape index (κ1) is 23.3. The summed E-state index contributed by atoms with van der Waals surface area (Å²) in [6.07, 6.45) is 0. The summed E-state index contributed by atoms with van der Waals surface area (Å²) in [5.74, 6) is -3.65. The maximum Gasteiger partial charge on any atom is 0.414 e. The molecule has 0 fully saturated rings. The molecule has 0 aromatic heterocycles.